The number of aliphatic imine (C=N–C) groups is 2. The van der Waals surface area contributed by atoms with Crippen LogP contribution in [-0.4, -0.2) is 52.7 Å². The van der Waals surface area contributed by atoms with E-state index in [2.05, 4.69) is 9.98 Å². The van der Waals surface area contributed by atoms with Crippen LogP contribution in [0.1, 0.15) is 33.3 Å². The minimum atomic E-state index is -5.62. The molecule has 0 radical (unpaired) electrons. The van der Waals surface area contributed by atoms with E-state index in [9.17, 15) is 49.1 Å². The summed E-state index contributed by atoms with van der Waals surface area (Å²) >= 11 is 12.1. The van der Waals surface area contributed by atoms with E-state index in [0.717, 1.165) is 0 Å². The van der Waals surface area contributed by atoms with Crippen LogP contribution in [0.25, 0.3) is 0 Å². The predicted octanol–water partition coefficient (Wildman–Crippen LogP) is 6.64. The average Bonchev–Trinajstić information content (AvgIpc) is 3.03. The molecule has 3 rings (SSSR count). The Morgan fingerprint density at radius 1 is 0.925 bits per heavy atom. The number of rotatable bonds is 2. The molecule has 1 aromatic rings. The molecular weight excluding hydrogens is 612 g/mol. The van der Waals surface area contributed by atoms with Crippen molar-refractivity contribution in [1.29, 1.82) is 0 Å². The van der Waals surface area contributed by atoms with Crippen molar-refractivity contribution in [1.82, 2.24) is 10.3 Å². The first kappa shape index (κ1) is 31.3. The number of amidine groups is 1. The highest BCUT2D eigenvalue weighted by molar-refractivity contribution is 6.39. The van der Waals surface area contributed by atoms with Gasteiger partial charge in [-0.2, -0.15) is 39.5 Å². The number of anilines is 1. The van der Waals surface area contributed by atoms with Crippen LogP contribution < -0.4 is 10.3 Å². The Balaban J connectivity index is 2.41. The van der Waals surface area contributed by atoms with Gasteiger partial charge in [0.25, 0.3) is 0 Å². The lowest BCUT2D eigenvalue weighted by molar-refractivity contribution is -0.137. The molecule has 0 bridgehead atoms. The molecule has 0 aliphatic carbocycles. The van der Waals surface area contributed by atoms with E-state index < -0.39 is 86.5 Å². The molecule has 2 aliphatic heterocycles. The molecule has 0 spiro atoms. The molecule has 1 unspecified atom stereocenters. The van der Waals surface area contributed by atoms with Gasteiger partial charge in [-0.1, -0.05) is 23.2 Å². The fraction of sp³-hybridized carbons (Fsp3) is 0.429. The number of hydrogen-bond donors (Lipinski definition) is 1. The zero-order chi connectivity index (χ0) is 30.7. The number of amides is 2. The number of carbonyl (C=O) groups excluding carboxylic acids is 2. The van der Waals surface area contributed by atoms with Crippen molar-refractivity contribution in [2.45, 2.75) is 58.0 Å². The lowest BCUT2D eigenvalue weighted by atomic mass is 10.1. The molecule has 220 valence electrons. The minimum Gasteiger partial charge on any atom is -0.444 e. The highest BCUT2D eigenvalue weighted by Crippen LogP contribution is 2.47. The van der Waals surface area contributed by atoms with Crippen molar-refractivity contribution in [3.63, 3.8) is 0 Å². The highest BCUT2D eigenvalue weighted by Gasteiger charge is 2.56. The third kappa shape index (κ3) is 6.24. The van der Waals surface area contributed by atoms with Crippen LogP contribution in [0.2, 0.25) is 10.0 Å². The van der Waals surface area contributed by atoms with E-state index in [1.807, 2.05) is 5.32 Å². The first-order valence-electron chi connectivity index (χ1n) is 10.6. The smallest absolute Gasteiger partial charge is 0.444 e. The van der Waals surface area contributed by atoms with Crippen molar-refractivity contribution in [3.8, 4) is 0 Å². The Labute approximate surface area is 229 Å². The van der Waals surface area contributed by atoms with E-state index in [-0.39, 0.29) is 5.01 Å². The summed E-state index contributed by atoms with van der Waals surface area (Å²) in [4.78, 5) is 31.1. The standard InChI is InChI=1S/C21H16Cl2F9N5O3/c1-7(38)36-14-11(13(20(27,28)29)33-16(34-14)21(30,31)32)15(35-17(39)40-18(2,3)4)37(36)12-9(22)5-8(6-10(12)23)19(24,25)26/h5-6,14H,1-4H3,(H,35,39). The maximum atomic E-state index is 14.1. The summed E-state index contributed by atoms with van der Waals surface area (Å²) in [7, 11) is 0. The monoisotopic (exact) mass is 627 g/mol. The maximum Gasteiger partial charge on any atom is 0.451 e. The summed E-state index contributed by atoms with van der Waals surface area (Å²) in [6.45, 7) is 4.81. The van der Waals surface area contributed by atoms with Crippen LogP contribution in [-0.2, 0) is 15.7 Å². The van der Waals surface area contributed by atoms with Gasteiger partial charge in [-0.05, 0) is 32.9 Å². The van der Waals surface area contributed by atoms with Crippen molar-refractivity contribution in [2.75, 3.05) is 5.01 Å². The predicted molar refractivity (Wildman–Crippen MR) is 124 cm³/mol. The lowest BCUT2D eigenvalue weighted by Crippen LogP contribution is -2.49. The van der Waals surface area contributed by atoms with Gasteiger partial charge in [0, 0.05) is 6.92 Å². The van der Waals surface area contributed by atoms with Crippen LogP contribution in [0.4, 0.5) is 50.0 Å². The number of ether oxygens (including phenoxy) is 1. The molecule has 1 aromatic carbocycles. The molecule has 1 N–H and O–H groups in total. The summed E-state index contributed by atoms with van der Waals surface area (Å²) in [5.41, 5.74) is -6.93. The average molecular weight is 628 g/mol. The first-order valence-corrected chi connectivity index (χ1v) is 11.4. The molecule has 40 heavy (non-hydrogen) atoms. The zero-order valence-corrected chi connectivity index (χ0v) is 21.9. The van der Waals surface area contributed by atoms with Gasteiger partial charge in [0.1, 0.15) is 17.1 Å². The number of carbonyl (C=O) groups is 2. The van der Waals surface area contributed by atoms with Gasteiger partial charge in [0.15, 0.2) is 11.9 Å². The number of hydrazine groups is 1. The number of fused-ring (bicyclic) bond motifs is 1. The Bertz CT molecular complexity index is 1320. The number of halogens is 11. The topological polar surface area (TPSA) is 86.6 Å². The molecule has 8 nitrogen and oxygen atoms in total. The van der Waals surface area contributed by atoms with Crippen LogP contribution in [0.5, 0.6) is 0 Å². The van der Waals surface area contributed by atoms with E-state index in [1.54, 1.807) is 0 Å². The molecule has 1 atom stereocenters. The Morgan fingerprint density at radius 2 is 1.45 bits per heavy atom. The number of hydrogen-bond acceptors (Lipinski definition) is 6. The second-order valence-corrected chi connectivity index (χ2v) is 9.95. The van der Waals surface area contributed by atoms with Crippen molar-refractivity contribution < 1.29 is 53.8 Å². The second-order valence-electron chi connectivity index (χ2n) is 9.13. The largest absolute Gasteiger partial charge is 0.451 e. The van der Waals surface area contributed by atoms with Gasteiger partial charge in [0.05, 0.1) is 21.2 Å². The number of benzene rings is 1. The van der Waals surface area contributed by atoms with Gasteiger partial charge in [-0.15, -0.1) is 0 Å². The number of alkyl halides is 9. The fourth-order valence-corrected chi connectivity index (χ4v) is 4.22. The normalized spacial score (nSPS) is 18.4. The molecule has 2 amide bonds. The van der Waals surface area contributed by atoms with E-state index in [4.69, 9.17) is 27.9 Å². The maximum absolute atomic E-state index is 14.1. The lowest BCUT2D eigenvalue weighted by Gasteiger charge is -2.35. The summed E-state index contributed by atoms with van der Waals surface area (Å²) < 4.78 is 128. The number of nitrogens with one attached hydrogen (secondary N) is 1. The number of nitrogens with zero attached hydrogens (tertiary/aromatic N) is 4. The van der Waals surface area contributed by atoms with E-state index in [1.165, 1.54) is 20.8 Å². The molecule has 2 aliphatic rings. The first-order chi connectivity index (χ1) is 17.9. The van der Waals surface area contributed by atoms with Crippen LogP contribution in [0.15, 0.2) is 33.5 Å². The molecular formula is C21H16Cl2F9N5O3. The summed E-state index contributed by atoms with van der Waals surface area (Å²) in [5.74, 6) is -4.65. The minimum absolute atomic E-state index is 0.189. The van der Waals surface area contributed by atoms with Gasteiger partial charge >= 0.3 is 24.6 Å². The summed E-state index contributed by atoms with van der Waals surface area (Å²) in [6, 6.07) is 0.615. The van der Waals surface area contributed by atoms with E-state index >= 15 is 0 Å². The Kier molecular flexibility index (Phi) is 7.84. The van der Waals surface area contributed by atoms with Crippen molar-refractivity contribution >= 4 is 52.4 Å². The SMILES string of the molecule is CC(=O)N1C2N=C(C(F)(F)F)N=C(C(F)(F)F)C2=C(NC(=O)OC(C)(C)C)N1c1c(Cl)cc(C(F)(F)F)cc1Cl. The zero-order valence-electron chi connectivity index (χ0n) is 20.4. The molecule has 0 saturated heterocycles. The summed E-state index contributed by atoms with van der Waals surface area (Å²) in [6.07, 6.45) is -20.1. The van der Waals surface area contributed by atoms with Gasteiger partial charge in [-0.3, -0.25) is 10.1 Å². The molecule has 0 aromatic heterocycles. The van der Waals surface area contributed by atoms with E-state index in [0.29, 0.717) is 24.1 Å². The Morgan fingerprint density at radius 3 is 1.85 bits per heavy atom. The summed E-state index contributed by atoms with van der Waals surface area (Å²) in [5, 5.41) is 0.605. The van der Waals surface area contributed by atoms with Gasteiger partial charge in [-0.25, -0.2) is 24.8 Å². The quantitative estimate of drug-likeness (QED) is 0.373. The highest BCUT2D eigenvalue weighted by atomic mass is 35.5. The second kappa shape index (κ2) is 10.0. The number of alkyl carbamates (subject to hydrolysis) is 1. The molecule has 0 saturated carbocycles. The third-order valence-electron chi connectivity index (χ3n) is 4.91. The molecule has 0 fully saturated rings. The van der Waals surface area contributed by atoms with Gasteiger partial charge < -0.3 is 4.74 Å². The van der Waals surface area contributed by atoms with Crippen LogP contribution >= 0.6 is 23.2 Å². The molecule has 19 heteroatoms. The van der Waals surface area contributed by atoms with Crippen molar-refractivity contribution in [2.24, 2.45) is 9.98 Å². The van der Waals surface area contributed by atoms with Crippen LogP contribution in [0, 0.1) is 0 Å². The van der Waals surface area contributed by atoms with Crippen molar-refractivity contribution in [3.05, 3.63) is 39.1 Å². The Hall–Kier alpha value is -3.21. The third-order valence-corrected chi connectivity index (χ3v) is 5.49. The molecule has 2 heterocycles. The van der Waals surface area contributed by atoms with Crippen LogP contribution in [0.3, 0.4) is 0 Å². The van der Waals surface area contributed by atoms with Gasteiger partial charge in [0.2, 0.25) is 11.7 Å². The fourth-order valence-electron chi connectivity index (χ4n) is 3.58.